The van der Waals surface area contributed by atoms with E-state index in [0.29, 0.717) is 10.0 Å². The first-order chi connectivity index (χ1) is 14.3. The largest absolute Gasteiger partial charge is 0.452 e. The number of nitriles is 1. The Morgan fingerprint density at radius 3 is 2.57 bits per heavy atom. The van der Waals surface area contributed by atoms with Crippen molar-refractivity contribution in [2.75, 3.05) is 11.9 Å². The number of benzene rings is 2. The van der Waals surface area contributed by atoms with E-state index in [0.717, 1.165) is 23.0 Å². The topological polar surface area (TPSA) is 84.1 Å². The minimum atomic E-state index is -0.963. The van der Waals surface area contributed by atoms with Gasteiger partial charge in [-0.1, -0.05) is 34.1 Å². The predicted molar refractivity (Wildman–Crippen MR) is 113 cm³/mol. The summed E-state index contributed by atoms with van der Waals surface area (Å²) in [7, 11) is 0. The average molecular weight is 470 g/mol. The van der Waals surface area contributed by atoms with E-state index >= 15 is 0 Å². The molecule has 3 rings (SSSR count). The number of amides is 1. The van der Waals surface area contributed by atoms with Crippen LogP contribution in [0.15, 0.2) is 53.0 Å². The third-order valence-electron chi connectivity index (χ3n) is 4.58. The quantitative estimate of drug-likeness (QED) is 0.550. The summed E-state index contributed by atoms with van der Waals surface area (Å²) in [4.78, 5) is 24.6. The minimum Gasteiger partial charge on any atom is -0.452 e. The zero-order chi connectivity index (χ0) is 21.8. The molecule has 1 amide bonds. The zero-order valence-corrected chi connectivity index (χ0v) is 17.8. The van der Waals surface area contributed by atoms with Crippen molar-refractivity contribution < 1.29 is 18.7 Å². The van der Waals surface area contributed by atoms with Crippen molar-refractivity contribution in [1.29, 1.82) is 5.26 Å². The normalized spacial score (nSPS) is 10.4. The number of hydrogen-bond donors (Lipinski definition) is 1. The minimum absolute atomic E-state index is 0.283. The molecule has 0 saturated carbocycles. The van der Waals surface area contributed by atoms with Gasteiger partial charge in [0.05, 0.1) is 11.1 Å². The van der Waals surface area contributed by atoms with Crippen LogP contribution in [0.4, 0.5) is 10.2 Å². The van der Waals surface area contributed by atoms with Crippen LogP contribution in [0.2, 0.25) is 0 Å². The van der Waals surface area contributed by atoms with E-state index in [2.05, 4.69) is 27.3 Å². The van der Waals surface area contributed by atoms with Crippen LogP contribution >= 0.6 is 15.9 Å². The smallest absolute Gasteiger partial charge is 0.341 e. The molecule has 0 aliphatic carbocycles. The van der Waals surface area contributed by atoms with Crippen LogP contribution in [0, 0.1) is 31.0 Å². The molecule has 152 valence electrons. The Morgan fingerprint density at radius 1 is 1.20 bits per heavy atom. The molecule has 0 aliphatic heterocycles. The maximum Gasteiger partial charge on any atom is 0.341 e. The van der Waals surface area contributed by atoms with Crippen molar-refractivity contribution in [2.24, 2.45) is 0 Å². The number of halogens is 2. The molecule has 6 nitrogen and oxygen atoms in total. The van der Waals surface area contributed by atoms with Gasteiger partial charge >= 0.3 is 5.97 Å². The van der Waals surface area contributed by atoms with E-state index in [1.165, 1.54) is 12.1 Å². The number of aromatic nitrogens is 1. The maximum atomic E-state index is 13.8. The summed E-state index contributed by atoms with van der Waals surface area (Å²) in [5, 5.41) is 12.2. The van der Waals surface area contributed by atoms with E-state index in [9.17, 15) is 19.2 Å². The van der Waals surface area contributed by atoms with Crippen LogP contribution in [0.25, 0.3) is 5.69 Å². The second-order valence-corrected chi connectivity index (χ2v) is 7.38. The van der Waals surface area contributed by atoms with Crippen LogP contribution in [0.1, 0.15) is 27.2 Å². The molecule has 1 aromatic heterocycles. The third-order valence-corrected chi connectivity index (χ3v) is 5.07. The predicted octanol–water partition coefficient (Wildman–Crippen LogP) is 4.66. The van der Waals surface area contributed by atoms with Gasteiger partial charge in [0.1, 0.15) is 17.7 Å². The highest BCUT2D eigenvalue weighted by molar-refractivity contribution is 9.10. The van der Waals surface area contributed by atoms with E-state index in [-0.39, 0.29) is 11.4 Å². The fourth-order valence-electron chi connectivity index (χ4n) is 2.99. The number of esters is 1. The molecule has 2 aromatic carbocycles. The number of para-hydroxylation sites is 1. The summed E-state index contributed by atoms with van der Waals surface area (Å²) in [6, 6.07) is 15.2. The monoisotopic (exact) mass is 469 g/mol. The summed E-state index contributed by atoms with van der Waals surface area (Å²) in [6.45, 7) is 3.00. The summed E-state index contributed by atoms with van der Waals surface area (Å²) in [5.74, 6) is -2.08. The lowest BCUT2D eigenvalue weighted by atomic mass is 10.2. The Bertz CT molecular complexity index is 1170. The fourth-order valence-corrected chi connectivity index (χ4v) is 3.35. The third kappa shape index (κ3) is 4.26. The molecular weight excluding hydrogens is 453 g/mol. The maximum absolute atomic E-state index is 13.8. The molecule has 0 saturated heterocycles. The van der Waals surface area contributed by atoms with Crippen molar-refractivity contribution in [3.63, 3.8) is 0 Å². The van der Waals surface area contributed by atoms with Crippen molar-refractivity contribution in [2.45, 2.75) is 13.8 Å². The zero-order valence-electron chi connectivity index (χ0n) is 16.2. The second kappa shape index (κ2) is 8.93. The lowest BCUT2D eigenvalue weighted by molar-refractivity contribution is -0.119. The van der Waals surface area contributed by atoms with Crippen molar-refractivity contribution >= 4 is 33.6 Å². The van der Waals surface area contributed by atoms with E-state index in [1.807, 2.05) is 37.3 Å². The Balaban J connectivity index is 1.82. The first kappa shape index (κ1) is 21.3. The first-order valence-electron chi connectivity index (χ1n) is 8.93. The molecule has 0 atom stereocenters. The van der Waals surface area contributed by atoms with Gasteiger partial charge in [-0.25, -0.2) is 9.18 Å². The van der Waals surface area contributed by atoms with Gasteiger partial charge in [0.15, 0.2) is 6.61 Å². The fraction of sp³-hybridized carbons (Fsp3) is 0.136. The van der Waals surface area contributed by atoms with Crippen LogP contribution < -0.4 is 5.32 Å². The molecule has 3 aromatic rings. The highest BCUT2D eigenvalue weighted by Crippen LogP contribution is 2.29. The average Bonchev–Trinajstić information content (AvgIpc) is 2.97. The molecule has 0 aliphatic rings. The summed E-state index contributed by atoms with van der Waals surface area (Å²) >= 11 is 3.16. The van der Waals surface area contributed by atoms with E-state index in [1.54, 1.807) is 11.5 Å². The lowest BCUT2D eigenvalue weighted by Gasteiger charge is -2.13. The van der Waals surface area contributed by atoms with Gasteiger partial charge in [-0.05, 0) is 49.7 Å². The number of nitrogens with one attached hydrogen (secondary N) is 1. The summed E-state index contributed by atoms with van der Waals surface area (Å²) < 4.78 is 21.0. The van der Waals surface area contributed by atoms with Crippen molar-refractivity contribution in [3.8, 4) is 11.8 Å². The Morgan fingerprint density at radius 2 is 1.90 bits per heavy atom. The Labute approximate surface area is 181 Å². The van der Waals surface area contributed by atoms with Gasteiger partial charge in [0.25, 0.3) is 5.91 Å². The number of carbonyl (C=O) groups is 2. The van der Waals surface area contributed by atoms with Gasteiger partial charge in [-0.2, -0.15) is 5.26 Å². The van der Waals surface area contributed by atoms with E-state index < -0.39 is 24.3 Å². The number of rotatable bonds is 5. The summed E-state index contributed by atoms with van der Waals surface area (Å²) in [5.41, 5.74) is 2.32. The molecule has 1 N–H and O–H groups in total. The number of ether oxygens (including phenoxy) is 1. The lowest BCUT2D eigenvalue weighted by Crippen LogP contribution is -2.23. The molecule has 30 heavy (non-hydrogen) atoms. The van der Waals surface area contributed by atoms with Crippen molar-refractivity contribution in [1.82, 2.24) is 4.57 Å². The van der Waals surface area contributed by atoms with Gasteiger partial charge in [-0.3, -0.25) is 9.36 Å². The molecule has 0 fully saturated rings. The standard InChI is InChI=1S/C22H17BrFN3O3/c1-13-14(2)27(16-6-4-3-5-7-16)21(18(13)11-25)26-20(28)12-30-22(29)17-10-15(23)8-9-19(17)24/h3-10H,12H2,1-2H3,(H,26,28). The van der Waals surface area contributed by atoms with Crippen LogP contribution in [-0.4, -0.2) is 23.1 Å². The van der Waals surface area contributed by atoms with E-state index in [4.69, 9.17) is 4.74 Å². The van der Waals surface area contributed by atoms with Gasteiger partial charge < -0.3 is 10.1 Å². The Hall–Kier alpha value is -3.44. The van der Waals surface area contributed by atoms with Crippen LogP contribution in [0.5, 0.6) is 0 Å². The van der Waals surface area contributed by atoms with Gasteiger partial charge in [0.2, 0.25) is 0 Å². The van der Waals surface area contributed by atoms with Gasteiger partial charge in [-0.15, -0.1) is 0 Å². The molecule has 8 heteroatoms. The molecule has 0 unspecified atom stereocenters. The molecular formula is C22H17BrFN3O3. The van der Waals surface area contributed by atoms with Crippen molar-refractivity contribution in [3.05, 3.63) is 81.2 Å². The first-order valence-corrected chi connectivity index (χ1v) is 9.72. The SMILES string of the molecule is Cc1c(C#N)c(NC(=O)COC(=O)c2cc(Br)ccc2F)n(-c2ccccc2)c1C. The highest BCUT2D eigenvalue weighted by atomic mass is 79.9. The number of carbonyl (C=O) groups excluding carboxylic acids is 2. The summed E-state index contributed by atoms with van der Waals surface area (Å²) in [6.07, 6.45) is 0. The second-order valence-electron chi connectivity index (χ2n) is 6.47. The number of anilines is 1. The number of hydrogen-bond acceptors (Lipinski definition) is 4. The molecule has 1 heterocycles. The molecule has 0 bridgehead atoms. The van der Waals surface area contributed by atoms with Crippen LogP contribution in [-0.2, 0) is 9.53 Å². The van der Waals surface area contributed by atoms with Crippen LogP contribution in [0.3, 0.4) is 0 Å². The Kier molecular flexibility index (Phi) is 6.33. The van der Waals surface area contributed by atoms with Gasteiger partial charge in [0, 0.05) is 15.9 Å². The highest BCUT2D eigenvalue weighted by Gasteiger charge is 2.22. The number of nitrogens with zero attached hydrogens (tertiary/aromatic N) is 2. The molecule has 0 spiro atoms. The molecule has 0 radical (unpaired) electrons.